The minimum Gasteiger partial charge on any atom is -0.497 e. The number of amides is 1. The van der Waals surface area contributed by atoms with Crippen molar-refractivity contribution in [3.8, 4) is 23.0 Å². The van der Waals surface area contributed by atoms with Gasteiger partial charge in [0.25, 0.3) is 5.91 Å². The van der Waals surface area contributed by atoms with Crippen molar-refractivity contribution in [1.82, 2.24) is 10.5 Å². The van der Waals surface area contributed by atoms with E-state index < -0.39 is 0 Å². The van der Waals surface area contributed by atoms with E-state index in [-0.39, 0.29) is 19.1 Å². The first-order chi connectivity index (χ1) is 14.1. The minimum absolute atomic E-state index is 0.159. The van der Waals surface area contributed by atoms with E-state index in [1.807, 2.05) is 6.07 Å². The topological polar surface area (TPSA) is 92.1 Å². The molecule has 0 unspecified atom stereocenters. The summed E-state index contributed by atoms with van der Waals surface area (Å²) in [6.07, 6.45) is 0. The normalized spacial score (nSPS) is 10.3. The zero-order valence-corrected chi connectivity index (χ0v) is 16.4. The van der Waals surface area contributed by atoms with Crippen LogP contribution >= 0.6 is 0 Å². The Morgan fingerprint density at radius 3 is 2.31 bits per heavy atom. The molecular formula is C21H22N2O6. The summed E-state index contributed by atoms with van der Waals surface area (Å²) in [4.78, 5) is 12.2. The summed E-state index contributed by atoms with van der Waals surface area (Å²) in [7, 11) is 4.69. The molecule has 3 rings (SSSR count). The second kappa shape index (κ2) is 9.50. The van der Waals surface area contributed by atoms with E-state index in [0.29, 0.717) is 40.0 Å². The fraction of sp³-hybridized carbons (Fsp3) is 0.238. The van der Waals surface area contributed by atoms with Crippen LogP contribution in [-0.4, -0.2) is 32.4 Å². The number of nitrogens with zero attached hydrogens (tertiary/aromatic N) is 1. The van der Waals surface area contributed by atoms with Crippen molar-refractivity contribution < 1.29 is 28.3 Å². The van der Waals surface area contributed by atoms with E-state index in [1.54, 1.807) is 63.8 Å². The molecule has 0 aliphatic rings. The molecule has 3 aromatic rings. The van der Waals surface area contributed by atoms with Gasteiger partial charge in [-0.15, -0.1) is 0 Å². The largest absolute Gasteiger partial charge is 0.497 e. The predicted molar refractivity (Wildman–Crippen MR) is 105 cm³/mol. The van der Waals surface area contributed by atoms with Crippen LogP contribution in [0.4, 0.5) is 0 Å². The highest BCUT2D eigenvalue weighted by Gasteiger charge is 2.13. The molecule has 0 aliphatic carbocycles. The summed E-state index contributed by atoms with van der Waals surface area (Å²) in [5.74, 6) is 2.57. The van der Waals surface area contributed by atoms with Crippen LogP contribution in [0.2, 0.25) is 0 Å². The number of ether oxygens (including phenoxy) is 4. The first kappa shape index (κ1) is 20.1. The number of hydrogen-bond acceptors (Lipinski definition) is 7. The summed E-state index contributed by atoms with van der Waals surface area (Å²) in [5.41, 5.74) is 1.10. The summed E-state index contributed by atoms with van der Waals surface area (Å²) in [5, 5.41) is 6.75. The number of methoxy groups -OCH3 is 3. The van der Waals surface area contributed by atoms with E-state index in [9.17, 15) is 4.79 Å². The van der Waals surface area contributed by atoms with Gasteiger partial charge in [0.05, 0.1) is 27.9 Å². The number of carbonyl (C=O) groups is 1. The Labute approximate surface area is 168 Å². The first-order valence-electron chi connectivity index (χ1n) is 8.85. The van der Waals surface area contributed by atoms with Gasteiger partial charge in [0.2, 0.25) is 5.75 Å². The number of hydrogen-bond donors (Lipinski definition) is 1. The fourth-order valence-electron chi connectivity index (χ4n) is 2.62. The molecule has 1 heterocycles. The van der Waals surface area contributed by atoms with Gasteiger partial charge in [-0.25, -0.2) is 0 Å². The van der Waals surface area contributed by atoms with Gasteiger partial charge in [-0.2, -0.15) is 0 Å². The van der Waals surface area contributed by atoms with E-state index in [0.717, 1.165) is 0 Å². The molecule has 0 saturated heterocycles. The molecule has 0 spiro atoms. The Balaban J connectivity index is 1.56. The zero-order valence-electron chi connectivity index (χ0n) is 16.4. The highest BCUT2D eigenvalue weighted by molar-refractivity contribution is 5.94. The number of aromatic nitrogens is 1. The van der Waals surface area contributed by atoms with Crippen molar-refractivity contribution in [2.24, 2.45) is 0 Å². The van der Waals surface area contributed by atoms with Crippen molar-refractivity contribution in [2.75, 3.05) is 21.3 Å². The van der Waals surface area contributed by atoms with Crippen molar-refractivity contribution in [1.29, 1.82) is 0 Å². The number of benzene rings is 2. The van der Waals surface area contributed by atoms with Gasteiger partial charge in [-0.3, -0.25) is 4.79 Å². The van der Waals surface area contributed by atoms with Crippen LogP contribution in [0.25, 0.3) is 0 Å². The summed E-state index contributed by atoms with van der Waals surface area (Å²) in [6.45, 7) is 0.364. The van der Waals surface area contributed by atoms with Crippen LogP contribution in [0.15, 0.2) is 53.1 Å². The molecule has 8 nitrogen and oxygen atoms in total. The van der Waals surface area contributed by atoms with Crippen LogP contribution in [0.3, 0.4) is 0 Å². The third kappa shape index (κ3) is 4.98. The molecule has 0 saturated carbocycles. The highest BCUT2D eigenvalue weighted by Crippen LogP contribution is 2.37. The molecule has 0 fully saturated rings. The average Bonchev–Trinajstić information content (AvgIpc) is 3.23. The van der Waals surface area contributed by atoms with Crippen LogP contribution in [0, 0.1) is 0 Å². The molecule has 1 amide bonds. The van der Waals surface area contributed by atoms with Crippen LogP contribution < -0.4 is 24.3 Å². The lowest BCUT2D eigenvalue weighted by molar-refractivity contribution is 0.0947. The van der Waals surface area contributed by atoms with Crippen molar-refractivity contribution in [2.45, 2.75) is 13.2 Å². The van der Waals surface area contributed by atoms with Gasteiger partial charge in [-0.05, 0) is 36.4 Å². The Morgan fingerprint density at radius 2 is 1.69 bits per heavy atom. The average molecular weight is 398 g/mol. The van der Waals surface area contributed by atoms with Crippen LogP contribution in [0.1, 0.15) is 21.8 Å². The number of rotatable bonds is 9. The first-order valence-corrected chi connectivity index (χ1v) is 8.85. The maximum absolute atomic E-state index is 12.2. The Hall–Kier alpha value is -3.68. The van der Waals surface area contributed by atoms with E-state index in [2.05, 4.69) is 10.5 Å². The Kier molecular flexibility index (Phi) is 6.57. The maximum Gasteiger partial charge on any atom is 0.251 e. The summed E-state index contributed by atoms with van der Waals surface area (Å²) >= 11 is 0. The van der Waals surface area contributed by atoms with Gasteiger partial charge in [-0.1, -0.05) is 11.2 Å². The third-order valence-electron chi connectivity index (χ3n) is 4.13. The quantitative estimate of drug-likeness (QED) is 0.592. The fourth-order valence-corrected chi connectivity index (χ4v) is 2.62. The SMILES string of the molecule is COc1ccc(C(=O)NCc2cc(COc3c(OC)cccc3OC)no2)cc1. The molecule has 0 atom stereocenters. The lowest BCUT2D eigenvalue weighted by Crippen LogP contribution is -2.22. The number of para-hydroxylation sites is 1. The summed E-state index contributed by atoms with van der Waals surface area (Å²) in [6, 6.07) is 13.9. The Morgan fingerprint density at radius 1 is 1.00 bits per heavy atom. The predicted octanol–water partition coefficient (Wildman–Crippen LogP) is 3.21. The lowest BCUT2D eigenvalue weighted by atomic mass is 10.2. The number of carbonyl (C=O) groups excluding carboxylic acids is 1. The monoisotopic (exact) mass is 398 g/mol. The molecule has 0 radical (unpaired) electrons. The molecule has 1 N–H and O–H groups in total. The number of nitrogens with one attached hydrogen (secondary N) is 1. The minimum atomic E-state index is -0.222. The molecule has 0 aliphatic heterocycles. The standard InChI is InChI=1S/C21H22N2O6/c1-25-16-9-7-14(8-10-16)21(24)22-12-17-11-15(23-29-17)13-28-20-18(26-2)5-4-6-19(20)27-3/h4-11H,12-13H2,1-3H3,(H,22,24). The van der Waals surface area contributed by atoms with Crippen molar-refractivity contribution in [3.63, 3.8) is 0 Å². The van der Waals surface area contributed by atoms with E-state index >= 15 is 0 Å². The van der Waals surface area contributed by atoms with Gasteiger partial charge >= 0.3 is 0 Å². The van der Waals surface area contributed by atoms with E-state index in [1.165, 1.54) is 0 Å². The highest BCUT2D eigenvalue weighted by atomic mass is 16.5. The molecule has 152 valence electrons. The maximum atomic E-state index is 12.2. The molecule has 29 heavy (non-hydrogen) atoms. The summed E-state index contributed by atoms with van der Waals surface area (Å²) < 4.78 is 26.7. The Bertz CT molecular complexity index is 930. The van der Waals surface area contributed by atoms with Gasteiger partial charge < -0.3 is 28.8 Å². The molecular weight excluding hydrogens is 376 g/mol. The van der Waals surface area contributed by atoms with Gasteiger partial charge in [0.15, 0.2) is 17.3 Å². The van der Waals surface area contributed by atoms with Gasteiger partial charge in [0, 0.05) is 11.6 Å². The molecule has 0 bridgehead atoms. The lowest BCUT2D eigenvalue weighted by Gasteiger charge is -2.12. The van der Waals surface area contributed by atoms with E-state index in [4.69, 9.17) is 23.5 Å². The molecule has 1 aromatic heterocycles. The zero-order chi connectivity index (χ0) is 20.6. The molecule has 2 aromatic carbocycles. The third-order valence-corrected chi connectivity index (χ3v) is 4.13. The van der Waals surface area contributed by atoms with Crippen molar-refractivity contribution in [3.05, 3.63) is 65.5 Å². The van der Waals surface area contributed by atoms with Crippen LogP contribution in [-0.2, 0) is 13.2 Å². The van der Waals surface area contributed by atoms with Crippen molar-refractivity contribution >= 4 is 5.91 Å². The van der Waals surface area contributed by atoms with Gasteiger partial charge in [0.1, 0.15) is 18.1 Å². The molecule has 8 heteroatoms. The van der Waals surface area contributed by atoms with Crippen LogP contribution in [0.5, 0.6) is 23.0 Å². The second-order valence-corrected chi connectivity index (χ2v) is 5.98. The second-order valence-electron chi connectivity index (χ2n) is 5.98. The smallest absolute Gasteiger partial charge is 0.251 e.